The minimum absolute atomic E-state index is 0. The van der Waals surface area contributed by atoms with Gasteiger partial charge < -0.3 is 10.5 Å². The lowest BCUT2D eigenvalue weighted by molar-refractivity contribution is 0.0607. The van der Waals surface area contributed by atoms with E-state index in [0.717, 1.165) is 4.70 Å². The van der Waals surface area contributed by atoms with Crippen LogP contribution in [0, 0.1) is 0 Å². The van der Waals surface area contributed by atoms with Gasteiger partial charge in [-0.3, -0.25) is 4.98 Å². The average Bonchev–Trinajstić information content (AvgIpc) is 2.56. The molecule has 4 nitrogen and oxygen atoms in total. The molecule has 2 rings (SSSR count). The summed E-state index contributed by atoms with van der Waals surface area (Å²) in [6, 6.07) is 3.68. The molecular weight excluding hydrogens is 271 g/mol. The fourth-order valence-corrected chi connectivity index (χ4v) is 2.19. The summed E-state index contributed by atoms with van der Waals surface area (Å²) in [4.78, 5) is 15.8. The van der Waals surface area contributed by atoms with Crippen molar-refractivity contribution in [3.05, 3.63) is 23.2 Å². The maximum atomic E-state index is 11.3. The van der Waals surface area contributed by atoms with Gasteiger partial charge in [-0.2, -0.15) is 0 Å². The van der Waals surface area contributed by atoms with E-state index < -0.39 is 5.97 Å². The van der Waals surface area contributed by atoms with Crippen LogP contribution in [0.4, 0.5) is 5.69 Å². The van der Waals surface area contributed by atoms with Gasteiger partial charge in [0.2, 0.25) is 0 Å². The highest BCUT2D eigenvalue weighted by atomic mass is 35.5. The van der Waals surface area contributed by atoms with Gasteiger partial charge in [0.1, 0.15) is 10.4 Å². The summed E-state index contributed by atoms with van der Waals surface area (Å²) in [7, 11) is 1.33. The normalized spacial score (nSPS) is 9.06. The average molecular weight is 281 g/mol. The molecule has 0 aromatic carbocycles. The van der Waals surface area contributed by atoms with Gasteiger partial charge in [-0.15, -0.1) is 36.2 Å². The highest BCUT2D eigenvalue weighted by Gasteiger charge is 2.16. The van der Waals surface area contributed by atoms with Gasteiger partial charge in [0.15, 0.2) is 0 Å². The molecule has 16 heavy (non-hydrogen) atoms. The number of rotatable bonds is 1. The van der Waals surface area contributed by atoms with Crippen molar-refractivity contribution < 1.29 is 9.53 Å². The standard InChI is InChI=1S/C9H8N2O2S.2ClH/c1-13-9(12)8-6(10)7-5(14-8)3-2-4-11-7;;/h2-4H,10H2,1H3;2*1H. The number of carbonyl (C=O) groups is 1. The Morgan fingerprint density at radius 2 is 2.19 bits per heavy atom. The van der Waals surface area contributed by atoms with Crippen LogP contribution in [0.15, 0.2) is 18.3 Å². The summed E-state index contributed by atoms with van der Waals surface area (Å²) in [6.07, 6.45) is 1.65. The van der Waals surface area contributed by atoms with Crippen molar-refractivity contribution in [2.45, 2.75) is 0 Å². The number of anilines is 1. The molecule has 0 aliphatic carbocycles. The molecule has 0 fully saturated rings. The molecule has 7 heteroatoms. The maximum absolute atomic E-state index is 11.3. The Labute approximate surface area is 109 Å². The number of fused-ring (bicyclic) bond motifs is 1. The molecule has 0 aliphatic heterocycles. The molecule has 2 aromatic heterocycles. The summed E-state index contributed by atoms with van der Waals surface area (Å²) >= 11 is 1.29. The monoisotopic (exact) mass is 280 g/mol. The Bertz CT molecular complexity index is 501. The van der Waals surface area contributed by atoms with E-state index in [1.165, 1.54) is 18.4 Å². The molecule has 0 radical (unpaired) electrons. The fraction of sp³-hybridized carbons (Fsp3) is 0.111. The highest BCUT2D eigenvalue weighted by Crippen LogP contribution is 2.31. The van der Waals surface area contributed by atoms with Gasteiger partial charge in [0, 0.05) is 6.20 Å². The number of thiophene rings is 1. The van der Waals surface area contributed by atoms with Crippen LogP contribution in [0.3, 0.4) is 0 Å². The third kappa shape index (κ3) is 2.37. The molecule has 0 bridgehead atoms. The van der Waals surface area contributed by atoms with E-state index in [9.17, 15) is 4.79 Å². The predicted molar refractivity (Wildman–Crippen MR) is 69.9 cm³/mol. The number of hydrogen-bond acceptors (Lipinski definition) is 5. The first-order valence-electron chi connectivity index (χ1n) is 3.95. The molecule has 0 spiro atoms. The number of esters is 1. The third-order valence-electron chi connectivity index (χ3n) is 1.85. The van der Waals surface area contributed by atoms with Crippen molar-refractivity contribution in [2.75, 3.05) is 12.8 Å². The van der Waals surface area contributed by atoms with Crippen LogP contribution in [-0.2, 0) is 4.74 Å². The number of halogens is 2. The number of aromatic nitrogens is 1. The summed E-state index contributed by atoms with van der Waals surface area (Å²) in [5.74, 6) is -0.412. The van der Waals surface area contributed by atoms with Crippen molar-refractivity contribution >= 4 is 58.0 Å². The minimum Gasteiger partial charge on any atom is -0.465 e. The highest BCUT2D eigenvalue weighted by molar-refractivity contribution is 7.21. The van der Waals surface area contributed by atoms with Crippen molar-refractivity contribution in [2.24, 2.45) is 0 Å². The van der Waals surface area contributed by atoms with E-state index in [-0.39, 0.29) is 24.8 Å². The van der Waals surface area contributed by atoms with E-state index in [4.69, 9.17) is 5.73 Å². The predicted octanol–water partition coefficient (Wildman–Crippen LogP) is 2.51. The number of nitrogens with zero attached hydrogens (tertiary/aromatic N) is 1. The molecule has 0 saturated heterocycles. The number of ether oxygens (including phenoxy) is 1. The van der Waals surface area contributed by atoms with E-state index >= 15 is 0 Å². The smallest absolute Gasteiger partial charge is 0.350 e. The van der Waals surface area contributed by atoms with Crippen LogP contribution in [0.1, 0.15) is 9.67 Å². The Kier molecular flexibility index (Phi) is 5.50. The number of nitrogen functional groups attached to an aromatic ring is 1. The lowest BCUT2D eigenvalue weighted by Gasteiger charge is -1.94. The first-order chi connectivity index (χ1) is 6.74. The second-order valence-corrected chi connectivity index (χ2v) is 3.74. The Balaban J connectivity index is 0.00000112. The first-order valence-corrected chi connectivity index (χ1v) is 4.77. The summed E-state index contributed by atoms with van der Waals surface area (Å²) in [6.45, 7) is 0. The van der Waals surface area contributed by atoms with Crippen LogP contribution in [0.5, 0.6) is 0 Å². The second kappa shape index (κ2) is 5.89. The zero-order valence-corrected chi connectivity index (χ0v) is 10.7. The van der Waals surface area contributed by atoms with Crippen molar-refractivity contribution in [3.8, 4) is 0 Å². The van der Waals surface area contributed by atoms with Crippen LogP contribution in [-0.4, -0.2) is 18.1 Å². The summed E-state index contributed by atoms with van der Waals surface area (Å²) < 4.78 is 5.50. The molecule has 0 atom stereocenters. The molecule has 0 amide bonds. The van der Waals surface area contributed by atoms with Gasteiger partial charge in [-0.05, 0) is 12.1 Å². The van der Waals surface area contributed by atoms with Gasteiger partial charge >= 0.3 is 5.97 Å². The Morgan fingerprint density at radius 1 is 1.50 bits per heavy atom. The van der Waals surface area contributed by atoms with Gasteiger partial charge in [0.05, 0.1) is 17.5 Å². The molecule has 2 N–H and O–H groups in total. The van der Waals surface area contributed by atoms with Crippen LogP contribution >= 0.6 is 36.2 Å². The number of pyridine rings is 1. The van der Waals surface area contributed by atoms with Crippen LogP contribution in [0.25, 0.3) is 10.2 Å². The molecule has 0 unspecified atom stereocenters. The number of hydrogen-bond donors (Lipinski definition) is 1. The Morgan fingerprint density at radius 3 is 2.75 bits per heavy atom. The molecule has 0 aliphatic rings. The first kappa shape index (κ1) is 15.0. The van der Waals surface area contributed by atoms with E-state index in [1.54, 1.807) is 12.3 Å². The van der Waals surface area contributed by atoms with Crippen molar-refractivity contribution in [1.82, 2.24) is 4.98 Å². The molecule has 2 heterocycles. The van der Waals surface area contributed by atoms with Gasteiger partial charge in [-0.25, -0.2) is 4.79 Å². The van der Waals surface area contributed by atoms with Crippen molar-refractivity contribution in [3.63, 3.8) is 0 Å². The minimum atomic E-state index is -0.412. The fourth-order valence-electron chi connectivity index (χ4n) is 1.19. The molecule has 0 saturated carbocycles. The lowest BCUT2D eigenvalue weighted by Crippen LogP contribution is -2.01. The number of methoxy groups -OCH3 is 1. The van der Waals surface area contributed by atoms with Gasteiger partial charge in [-0.1, -0.05) is 0 Å². The topological polar surface area (TPSA) is 65.2 Å². The quantitative estimate of drug-likeness (QED) is 0.816. The van der Waals surface area contributed by atoms with E-state index in [1.807, 2.05) is 6.07 Å². The second-order valence-electron chi connectivity index (χ2n) is 2.69. The van der Waals surface area contributed by atoms with E-state index in [0.29, 0.717) is 16.1 Å². The molecule has 88 valence electrons. The number of carbonyl (C=O) groups excluding carboxylic acids is 1. The lowest BCUT2D eigenvalue weighted by atomic mass is 10.3. The van der Waals surface area contributed by atoms with Crippen LogP contribution in [0.2, 0.25) is 0 Å². The summed E-state index contributed by atoms with van der Waals surface area (Å²) in [5.41, 5.74) is 6.83. The molecule has 2 aromatic rings. The maximum Gasteiger partial charge on any atom is 0.350 e. The number of nitrogens with two attached hydrogens (primary N) is 1. The molecular formula is C9H10Cl2N2O2S. The van der Waals surface area contributed by atoms with Crippen molar-refractivity contribution in [1.29, 1.82) is 0 Å². The zero-order valence-electron chi connectivity index (χ0n) is 8.30. The zero-order chi connectivity index (χ0) is 10.1. The van der Waals surface area contributed by atoms with Crippen LogP contribution < -0.4 is 5.73 Å². The third-order valence-corrected chi connectivity index (χ3v) is 2.99. The Hall–Kier alpha value is -1.04. The van der Waals surface area contributed by atoms with E-state index in [2.05, 4.69) is 9.72 Å². The van der Waals surface area contributed by atoms with Gasteiger partial charge in [0.25, 0.3) is 0 Å². The SMILES string of the molecule is COC(=O)c1sc2cccnc2c1N.Cl.Cl. The largest absolute Gasteiger partial charge is 0.465 e. The summed E-state index contributed by atoms with van der Waals surface area (Å²) in [5, 5.41) is 0.